The number of esters is 1. The molecule has 2 N–H and O–H groups in total. The highest BCUT2D eigenvalue weighted by atomic mass is 79.9. The number of hydrogen-bond acceptors (Lipinski definition) is 3. The molecule has 1 rings (SSSR count). The van der Waals surface area contributed by atoms with E-state index in [1.54, 1.807) is 6.92 Å². The molecular formula is C13H19BrClNO2. The fourth-order valence-electron chi connectivity index (χ4n) is 1.10. The molecule has 0 unspecified atom stereocenters. The fourth-order valence-corrected chi connectivity index (χ4v) is 1.66. The molecule has 102 valence electrons. The van der Waals surface area contributed by atoms with Crippen molar-refractivity contribution in [3.05, 3.63) is 34.9 Å². The van der Waals surface area contributed by atoms with Gasteiger partial charge in [0, 0.05) is 16.8 Å². The molecule has 0 aliphatic rings. The summed E-state index contributed by atoms with van der Waals surface area (Å²) >= 11 is 9.04. The zero-order chi connectivity index (χ0) is 13.8. The van der Waals surface area contributed by atoms with Gasteiger partial charge < -0.3 is 10.5 Å². The zero-order valence-electron chi connectivity index (χ0n) is 10.5. The van der Waals surface area contributed by atoms with Gasteiger partial charge >= 0.3 is 5.97 Å². The Kier molecular flexibility index (Phi) is 11.1. The van der Waals surface area contributed by atoms with Gasteiger partial charge in [-0.2, -0.15) is 0 Å². The lowest BCUT2D eigenvalue weighted by Crippen LogP contribution is -2.07. The van der Waals surface area contributed by atoms with Crippen molar-refractivity contribution in [2.45, 2.75) is 25.1 Å². The standard InChI is InChI=1S/C7H6BrCl.C6H13NO2/c8-5-6-2-1-3-7(9)4-6;1-2-9-6(8)4-3-5-7/h1-4H,5H2;2-5,7H2,1H3. The molecule has 18 heavy (non-hydrogen) atoms. The largest absolute Gasteiger partial charge is 0.466 e. The average Bonchev–Trinajstić information content (AvgIpc) is 2.37. The van der Waals surface area contributed by atoms with E-state index in [1.807, 2.05) is 24.3 Å². The molecule has 0 heterocycles. The molecule has 0 fully saturated rings. The lowest BCUT2D eigenvalue weighted by molar-refractivity contribution is -0.143. The Morgan fingerprint density at radius 2 is 2.22 bits per heavy atom. The number of carbonyl (C=O) groups excluding carboxylic acids is 1. The average molecular weight is 337 g/mol. The number of rotatable bonds is 5. The van der Waals surface area contributed by atoms with Crippen molar-refractivity contribution in [3.63, 3.8) is 0 Å². The summed E-state index contributed by atoms with van der Waals surface area (Å²) < 4.78 is 4.65. The van der Waals surface area contributed by atoms with Crippen molar-refractivity contribution in [1.29, 1.82) is 0 Å². The Morgan fingerprint density at radius 1 is 1.50 bits per heavy atom. The predicted molar refractivity (Wildman–Crippen MR) is 79.0 cm³/mol. The molecule has 0 radical (unpaired) electrons. The van der Waals surface area contributed by atoms with E-state index in [0.717, 1.165) is 16.8 Å². The number of benzene rings is 1. The van der Waals surface area contributed by atoms with Crippen LogP contribution in [0.15, 0.2) is 24.3 Å². The quantitative estimate of drug-likeness (QED) is 0.661. The molecule has 0 aliphatic heterocycles. The third-order valence-corrected chi connectivity index (χ3v) is 2.82. The van der Waals surface area contributed by atoms with E-state index in [2.05, 4.69) is 20.7 Å². The van der Waals surface area contributed by atoms with E-state index >= 15 is 0 Å². The first-order valence-electron chi connectivity index (χ1n) is 5.80. The maximum Gasteiger partial charge on any atom is 0.305 e. The van der Waals surface area contributed by atoms with Crippen LogP contribution in [0.25, 0.3) is 0 Å². The van der Waals surface area contributed by atoms with Crippen molar-refractivity contribution < 1.29 is 9.53 Å². The molecule has 1 aromatic carbocycles. The van der Waals surface area contributed by atoms with Crippen LogP contribution in [0, 0.1) is 0 Å². The van der Waals surface area contributed by atoms with Crippen LogP contribution in [-0.4, -0.2) is 19.1 Å². The summed E-state index contributed by atoms with van der Waals surface area (Å²) in [6, 6.07) is 7.78. The Hall–Kier alpha value is -0.580. The van der Waals surface area contributed by atoms with Crippen LogP contribution < -0.4 is 5.73 Å². The van der Waals surface area contributed by atoms with E-state index in [-0.39, 0.29) is 5.97 Å². The van der Waals surface area contributed by atoms with Gasteiger partial charge in [0.2, 0.25) is 0 Å². The van der Waals surface area contributed by atoms with Crippen LogP contribution in [0.5, 0.6) is 0 Å². The Bertz CT molecular complexity index is 348. The van der Waals surface area contributed by atoms with E-state index in [0.29, 0.717) is 19.6 Å². The zero-order valence-corrected chi connectivity index (χ0v) is 12.8. The maximum absolute atomic E-state index is 10.5. The maximum atomic E-state index is 10.5. The van der Waals surface area contributed by atoms with Crippen molar-refractivity contribution in [2.75, 3.05) is 13.2 Å². The summed E-state index contributed by atoms with van der Waals surface area (Å²) in [6.45, 7) is 2.81. The van der Waals surface area contributed by atoms with Crippen LogP contribution in [-0.2, 0) is 14.9 Å². The Labute approximate surface area is 122 Å². The Balaban J connectivity index is 0.000000321. The Morgan fingerprint density at radius 3 is 2.67 bits per heavy atom. The summed E-state index contributed by atoms with van der Waals surface area (Å²) in [7, 11) is 0. The summed E-state index contributed by atoms with van der Waals surface area (Å²) in [6.07, 6.45) is 1.17. The van der Waals surface area contributed by atoms with Gasteiger partial charge in [0.15, 0.2) is 0 Å². The van der Waals surface area contributed by atoms with Crippen molar-refractivity contribution >= 4 is 33.5 Å². The number of halogens is 2. The minimum absolute atomic E-state index is 0.150. The fraction of sp³-hybridized carbons (Fsp3) is 0.462. The molecule has 0 saturated heterocycles. The second-order valence-electron chi connectivity index (χ2n) is 3.46. The minimum Gasteiger partial charge on any atom is -0.466 e. The number of nitrogens with two attached hydrogens (primary N) is 1. The summed E-state index contributed by atoms with van der Waals surface area (Å²) in [5.41, 5.74) is 6.38. The van der Waals surface area contributed by atoms with Gasteiger partial charge in [0.1, 0.15) is 0 Å². The SMILES string of the molecule is CCOC(=O)CCCN.Clc1cccc(CBr)c1. The van der Waals surface area contributed by atoms with Gasteiger partial charge in [-0.15, -0.1) is 0 Å². The number of carbonyl (C=O) groups is 1. The minimum atomic E-state index is -0.150. The highest BCUT2D eigenvalue weighted by molar-refractivity contribution is 9.08. The van der Waals surface area contributed by atoms with Gasteiger partial charge in [-0.05, 0) is 37.6 Å². The lowest BCUT2D eigenvalue weighted by atomic mass is 10.2. The molecule has 5 heteroatoms. The number of hydrogen-bond donors (Lipinski definition) is 1. The van der Waals surface area contributed by atoms with Crippen molar-refractivity contribution in [2.24, 2.45) is 5.73 Å². The van der Waals surface area contributed by atoms with Gasteiger partial charge in [-0.3, -0.25) is 4.79 Å². The molecule has 0 atom stereocenters. The molecule has 1 aromatic rings. The first-order valence-corrected chi connectivity index (χ1v) is 7.30. The van der Waals surface area contributed by atoms with Gasteiger partial charge in [0.05, 0.1) is 6.61 Å². The van der Waals surface area contributed by atoms with Gasteiger partial charge in [-0.1, -0.05) is 39.7 Å². The molecule has 3 nitrogen and oxygen atoms in total. The monoisotopic (exact) mass is 335 g/mol. The second-order valence-corrected chi connectivity index (χ2v) is 4.46. The highest BCUT2D eigenvalue weighted by Crippen LogP contribution is 2.12. The van der Waals surface area contributed by atoms with E-state index in [4.69, 9.17) is 17.3 Å². The van der Waals surface area contributed by atoms with Crippen LogP contribution in [0.2, 0.25) is 5.02 Å². The third-order valence-electron chi connectivity index (χ3n) is 1.93. The summed E-state index contributed by atoms with van der Waals surface area (Å²) in [5.74, 6) is -0.150. The summed E-state index contributed by atoms with van der Waals surface area (Å²) in [5, 5.41) is 1.67. The molecular weight excluding hydrogens is 318 g/mol. The number of alkyl halides is 1. The van der Waals surface area contributed by atoms with E-state index < -0.39 is 0 Å². The van der Waals surface area contributed by atoms with Crippen LogP contribution in [0.3, 0.4) is 0 Å². The van der Waals surface area contributed by atoms with Crippen LogP contribution in [0.4, 0.5) is 0 Å². The first kappa shape index (κ1) is 17.4. The molecule has 0 bridgehead atoms. The molecule has 0 amide bonds. The molecule has 0 aromatic heterocycles. The second kappa shape index (κ2) is 11.5. The van der Waals surface area contributed by atoms with E-state index in [9.17, 15) is 4.79 Å². The first-order chi connectivity index (χ1) is 8.63. The predicted octanol–water partition coefficient (Wildman–Crippen LogP) is 3.52. The molecule has 0 aliphatic carbocycles. The number of ether oxygens (including phenoxy) is 1. The van der Waals surface area contributed by atoms with Crippen molar-refractivity contribution in [3.8, 4) is 0 Å². The smallest absolute Gasteiger partial charge is 0.305 e. The van der Waals surface area contributed by atoms with E-state index in [1.165, 1.54) is 5.56 Å². The normalized spacial score (nSPS) is 9.33. The van der Waals surface area contributed by atoms with Gasteiger partial charge in [-0.25, -0.2) is 0 Å². The highest BCUT2D eigenvalue weighted by Gasteiger charge is 1.97. The van der Waals surface area contributed by atoms with Gasteiger partial charge in [0.25, 0.3) is 0 Å². The topological polar surface area (TPSA) is 52.3 Å². The third kappa shape index (κ3) is 9.45. The molecule has 0 spiro atoms. The van der Waals surface area contributed by atoms with Crippen LogP contribution in [0.1, 0.15) is 25.3 Å². The van der Waals surface area contributed by atoms with Crippen LogP contribution >= 0.6 is 27.5 Å². The van der Waals surface area contributed by atoms with Crippen molar-refractivity contribution in [1.82, 2.24) is 0 Å². The molecule has 0 saturated carbocycles. The lowest BCUT2D eigenvalue weighted by Gasteiger charge is -1.98. The summed E-state index contributed by atoms with van der Waals surface area (Å²) in [4.78, 5) is 10.5.